The molecule has 0 radical (unpaired) electrons. The van der Waals surface area contributed by atoms with Crippen LogP contribution in [0.5, 0.6) is 0 Å². The fourth-order valence-corrected chi connectivity index (χ4v) is 4.08. The number of rotatable bonds is 11. The van der Waals surface area contributed by atoms with Crippen molar-refractivity contribution in [1.29, 1.82) is 0 Å². The minimum atomic E-state index is -0.279. The summed E-state index contributed by atoms with van der Waals surface area (Å²) in [5.74, 6) is 0.269. The first kappa shape index (κ1) is 23.7. The van der Waals surface area contributed by atoms with Crippen molar-refractivity contribution < 1.29 is 4.79 Å². The largest absolute Gasteiger partial charge is 0.370 e. The minimum absolute atomic E-state index is 0.279. The topological polar surface area (TPSA) is 82.0 Å². The molecule has 0 fully saturated rings. The fourth-order valence-electron chi connectivity index (χ4n) is 4.08. The van der Waals surface area contributed by atoms with Crippen molar-refractivity contribution in [1.82, 2.24) is 4.98 Å². The third kappa shape index (κ3) is 6.76. The van der Waals surface area contributed by atoms with Crippen LogP contribution in [-0.2, 0) is 24.1 Å². The third-order valence-corrected chi connectivity index (χ3v) is 5.67. The number of carbonyl (C=O) groups excluding carboxylic acids is 1. The van der Waals surface area contributed by atoms with Gasteiger partial charge in [-0.1, -0.05) is 56.3 Å². The fraction of sp³-hybridized carbons (Fsp3) is 0.357. The monoisotopic (exact) mass is 429 g/mol. The molecule has 168 valence electrons. The molecule has 0 aliphatic rings. The number of amides is 1. The highest BCUT2D eigenvalue weighted by Gasteiger charge is 2.11. The first-order valence-corrected chi connectivity index (χ1v) is 11.6. The summed E-state index contributed by atoms with van der Waals surface area (Å²) in [7, 11) is 0. The molecular weight excluding hydrogens is 394 g/mol. The molecule has 1 heterocycles. The summed E-state index contributed by atoms with van der Waals surface area (Å²) < 4.78 is 0. The van der Waals surface area contributed by atoms with Gasteiger partial charge in [0.05, 0.1) is 0 Å². The number of unbranched alkanes of at least 4 members (excludes halogenated alkanes) is 1. The molecule has 3 rings (SSSR count). The van der Waals surface area contributed by atoms with Crippen LogP contribution >= 0.6 is 0 Å². The standard InChI is InChI=1S/C28H35N3O/c1-20(2)16-26-19-25(13-15-31-26)27-11-9-23(18-24(27)10-12-28(30)32)22-8-5-7-21(17-22)6-3-4-14-29/h5,7-9,11,13,15,17-20H,3-4,6,10,12,14,16,29H2,1-2H3,(H2,30,32). The molecule has 32 heavy (non-hydrogen) atoms. The zero-order valence-electron chi connectivity index (χ0n) is 19.3. The van der Waals surface area contributed by atoms with E-state index >= 15 is 0 Å². The number of hydrogen-bond donors (Lipinski definition) is 2. The number of nitrogens with zero attached hydrogens (tertiary/aromatic N) is 1. The molecule has 2 aromatic carbocycles. The molecule has 4 heteroatoms. The van der Waals surface area contributed by atoms with Crippen LogP contribution in [-0.4, -0.2) is 17.4 Å². The van der Waals surface area contributed by atoms with E-state index in [-0.39, 0.29) is 5.91 Å². The van der Waals surface area contributed by atoms with E-state index in [1.165, 1.54) is 11.1 Å². The van der Waals surface area contributed by atoms with Crippen molar-refractivity contribution in [2.75, 3.05) is 6.54 Å². The zero-order valence-corrected chi connectivity index (χ0v) is 19.3. The summed E-state index contributed by atoms with van der Waals surface area (Å²) in [5.41, 5.74) is 19.3. The maximum absolute atomic E-state index is 11.5. The molecule has 0 saturated heterocycles. The summed E-state index contributed by atoms with van der Waals surface area (Å²) in [6, 6.07) is 19.5. The highest BCUT2D eigenvalue weighted by molar-refractivity contribution is 5.77. The Bertz CT molecular complexity index is 1040. The second-order valence-electron chi connectivity index (χ2n) is 8.92. The van der Waals surface area contributed by atoms with E-state index in [2.05, 4.69) is 67.4 Å². The van der Waals surface area contributed by atoms with Crippen LogP contribution in [0.4, 0.5) is 0 Å². The maximum Gasteiger partial charge on any atom is 0.217 e. The number of primary amides is 1. The molecule has 0 aliphatic carbocycles. The average molecular weight is 430 g/mol. The maximum atomic E-state index is 11.5. The highest BCUT2D eigenvalue weighted by atomic mass is 16.1. The third-order valence-electron chi connectivity index (χ3n) is 5.67. The lowest BCUT2D eigenvalue weighted by Crippen LogP contribution is -2.11. The van der Waals surface area contributed by atoms with Gasteiger partial charge in [-0.2, -0.15) is 0 Å². The summed E-state index contributed by atoms with van der Waals surface area (Å²) in [4.78, 5) is 16.1. The number of benzene rings is 2. The first-order valence-electron chi connectivity index (χ1n) is 11.6. The van der Waals surface area contributed by atoms with E-state index < -0.39 is 0 Å². The van der Waals surface area contributed by atoms with Crippen LogP contribution in [0.2, 0.25) is 0 Å². The van der Waals surface area contributed by atoms with Crippen molar-refractivity contribution in [2.45, 2.75) is 52.4 Å². The van der Waals surface area contributed by atoms with E-state index in [1.807, 2.05) is 12.3 Å². The molecule has 0 saturated carbocycles. The molecule has 4 N–H and O–H groups in total. The second-order valence-corrected chi connectivity index (χ2v) is 8.92. The predicted octanol–water partition coefficient (Wildman–Crippen LogP) is 5.31. The molecule has 1 aromatic heterocycles. The van der Waals surface area contributed by atoms with E-state index in [0.29, 0.717) is 18.8 Å². The zero-order chi connectivity index (χ0) is 22.9. The number of hydrogen-bond acceptors (Lipinski definition) is 3. The Labute approximate surface area is 192 Å². The number of pyridine rings is 1. The Balaban J connectivity index is 1.95. The lowest BCUT2D eigenvalue weighted by molar-refractivity contribution is -0.117. The Morgan fingerprint density at radius 3 is 2.50 bits per heavy atom. The van der Waals surface area contributed by atoms with Gasteiger partial charge in [0.25, 0.3) is 0 Å². The Morgan fingerprint density at radius 1 is 0.938 bits per heavy atom. The quantitative estimate of drug-likeness (QED) is 0.405. The van der Waals surface area contributed by atoms with E-state index in [9.17, 15) is 4.79 Å². The van der Waals surface area contributed by atoms with Crippen molar-refractivity contribution in [3.8, 4) is 22.3 Å². The number of carbonyl (C=O) groups is 1. The van der Waals surface area contributed by atoms with Gasteiger partial charge in [-0.3, -0.25) is 9.78 Å². The number of aryl methyl sites for hydroxylation is 2. The van der Waals surface area contributed by atoms with E-state index in [4.69, 9.17) is 11.5 Å². The van der Waals surface area contributed by atoms with Crippen LogP contribution in [0.25, 0.3) is 22.3 Å². The molecule has 0 spiro atoms. The number of nitrogens with two attached hydrogens (primary N) is 2. The molecule has 4 nitrogen and oxygen atoms in total. The smallest absolute Gasteiger partial charge is 0.217 e. The molecule has 3 aromatic rings. The van der Waals surface area contributed by atoms with Crippen molar-refractivity contribution in [3.05, 3.63) is 77.6 Å². The van der Waals surface area contributed by atoms with Gasteiger partial charge in [0.2, 0.25) is 5.91 Å². The van der Waals surface area contributed by atoms with Crippen LogP contribution in [0, 0.1) is 5.92 Å². The second kappa shape index (κ2) is 11.6. The molecule has 0 bridgehead atoms. The van der Waals surface area contributed by atoms with E-state index in [1.54, 1.807) is 0 Å². The van der Waals surface area contributed by atoms with E-state index in [0.717, 1.165) is 60.2 Å². The van der Waals surface area contributed by atoms with Crippen LogP contribution in [0.3, 0.4) is 0 Å². The SMILES string of the molecule is CC(C)Cc1cc(-c2ccc(-c3cccc(CCCCN)c3)cc2CCC(N)=O)ccn1. The van der Waals surface area contributed by atoms with Crippen LogP contribution in [0.1, 0.15) is 49.9 Å². The van der Waals surface area contributed by atoms with Gasteiger partial charge in [-0.25, -0.2) is 0 Å². The highest BCUT2D eigenvalue weighted by Crippen LogP contribution is 2.31. The normalized spacial score (nSPS) is 11.1. The van der Waals surface area contributed by atoms with Crippen molar-refractivity contribution in [3.63, 3.8) is 0 Å². The summed E-state index contributed by atoms with van der Waals surface area (Å²) in [5, 5.41) is 0. The molecular formula is C28H35N3O. The van der Waals surface area contributed by atoms with Gasteiger partial charge < -0.3 is 11.5 Å². The predicted molar refractivity (Wildman–Crippen MR) is 133 cm³/mol. The molecule has 0 aliphatic heterocycles. The Kier molecular flexibility index (Phi) is 8.57. The summed E-state index contributed by atoms with van der Waals surface area (Å²) in [6.45, 7) is 5.13. The van der Waals surface area contributed by atoms with Gasteiger partial charge in [0.15, 0.2) is 0 Å². The van der Waals surface area contributed by atoms with Crippen LogP contribution < -0.4 is 11.5 Å². The molecule has 0 unspecified atom stereocenters. The number of aromatic nitrogens is 1. The van der Waals surface area contributed by atoms with Gasteiger partial charge in [-0.15, -0.1) is 0 Å². The lowest BCUT2D eigenvalue weighted by Gasteiger charge is -2.14. The van der Waals surface area contributed by atoms with Crippen molar-refractivity contribution in [2.24, 2.45) is 17.4 Å². The minimum Gasteiger partial charge on any atom is -0.370 e. The van der Waals surface area contributed by atoms with Gasteiger partial charge in [-0.05, 0) is 90.1 Å². The average Bonchev–Trinajstić information content (AvgIpc) is 2.77. The first-order chi connectivity index (χ1) is 15.5. The molecule has 0 atom stereocenters. The summed E-state index contributed by atoms with van der Waals surface area (Å²) >= 11 is 0. The Morgan fingerprint density at radius 2 is 1.75 bits per heavy atom. The van der Waals surface area contributed by atoms with Crippen LogP contribution in [0.15, 0.2) is 60.8 Å². The lowest BCUT2D eigenvalue weighted by atomic mass is 9.91. The molecule has 1 amide bonds. The van der Waals surface area contributed by atoms with Gasteiger partial charge in [0.1, 0.15) is 0 Å². The van der Waals surface area contributed by atoms with Gasteiger partial charge in [0, 0.05) is 18.3 Å². The van der Waals surface area contributed by atoms with Gasteiger partial charge >= 0.3 is 0 Å². The summed E-state index contributed by atoms with van der Waals surface area (Å²) in [6.07, 6.45) is 6.96. The Hall–Kier alpha value is -2.98. The van der Waals surface area contributed by atoms with Crippen molar-refractivity contribution >= 4 is 5.91 Å².